The van der Waals surface area contributed by atoms with Crippen LogP contribution in [-0.2, 0) is 4.74 Å². The molecule has 0 saturated heterocycles. The fourth-order valence-electron chi connectivity index (χ4n) is 1.01. The van der Waals surface area contributed by atoms with Crippen LogP contribution in [0.1, 0.15) is 17.3 Å². The van der Waals surface area contributed by atoms with E-state index < -0.39 is 5.97 Å². The van der Waals surface area contributed by atoms with Crippen molar-refractivity contribution >= 4 is 12.0 Å². The van der Waals surface area contributed by atoms with Gasteiger partial charge in [0.05, 0.1) is 14.0 Å². The molecule has 0 bridgehead atoms. The quantitative estimate of drug-likeness (QED) is 0.539. The molecule has 2 nitrogen and oxygen atoms in total. The molecule has 0 unspecified atom stereocenters. The molecule has 0 amide bonds. The van der Waals surface area contributed by atoms with Crippen molar-refractivity contribution in [2.24, 2.45) is 0 Å². The maximum atomic E-state index is 11.2. The number of rotatable bonds is 3. The van der Waals surface area contributed by atoms with E-state index in [0.717, 1.165) is 0 Å². The molecule has 1 aromatic carbocycles. The maximum Gasteiger partial charge on any atom is 0.337 e. The summed E-state index contributed by atoms with van der Waals surface area (Å²) >= 11 is 0. The summed E-state index contributed by atoms with van der Waals surface area (Å²) in [6, 6.07) is 7.06. The summed E-state index contributed by atoms with van der Waals surface area (Å²) < 4.78 is 12.2. The Balaban J connectivity index is 3.07. The van der Waals surface area contributed by atoms with E-state index in [0.29, 0.717) is 17.2 Å². The lowest BCUT2D eigenvalue weighted by atomic mass is 10.1. The second-order valence-corrected chi connectivity index (χ2v) is 2.62. The van der Waals surface area contributed by atoms with Crippen LogP contribution in [0.3, 0.4) is 0 Å². The minimum absolute atomic E-state index is 0.316. The molecule has 0 spiro atoms. The van der Waals surface area contributed by atoms with Crippen molar-refractivity contribution in [3.63, 3.8) is 0 Å². The Morgan fingerprint density at radius 3 is 3.07 bits per heavy atom. The van der Waals surface area contributed by atoms with Crippen LogP contribution in [0.5, 0.6) is 0 Å². The largest absolute Gasteiger partial charge is 0.465 e. The molecular formula is C12H12O2. The minimum atomic E-state index is -0.400. The van der Waals surface area contributed by atoms with Crippen LogP contribution < -0.4 is 0 Å². The van der Waals surface area contributed by atoms with Gasteiger partial charge in [-0.05, 0) is 17.7 Å². The molecule has 0 aliphatic carbocycles. The minimum Gasteiger partial charge on any atom is -0.465 e. The number of benzene rings is 1. The molecule has 0 aliphatic rings. The van der Waals surface area contributed by atoms with Gasteiger partial charge in [0, 0.05) is 0 Å². The molecule has 0 heterocycles. The number of esters is 1. The van der Waals surface area contributed by atoms with Crippen molar-refractivity contribution in [1.29, 1.82) is 0 Å². The Morgan fingerprint density at radius 2 is 2.43 bits per heavy atom. The third-order valence-electron chi connectivity index (χ3n) is 1.65. The number of ether oxygens (including phenoxy) is 1. The van der Waals surface area contributed by atoms with Crippen molar-refractivity contribution < 1.29 is 10.9 Å². The molecule has 14 heavy (non-hydrogen) atoms. The second kappa shape index (κ2) is 5.02. The molecule has 0 aliphatic heterocycles. The summed E-state index contributed by atoms with van der Waals surface area (Å²) in [6.07, 6.45) is 3.10. The SMILES string of the molecule is [2H]/C(=C\C=C)c1cccc(C(=O)OC)c1. The molecule has 72 valence electrons. The highest BCUT2D eigenvalue weighted by atomic mass is 16.5. The topological polar surface area (TPSA) is 26.3 Å². The van der Waals surface area contributed by atoms with E-state index >= 15 is 0 Å². The van der Waals surface area contributed by atoms with Crippen molar-refractivity contribution in [3.8, 4) is 0 Å². The molecule has 0 aromatic heterocycles. The van der Waals surface area contributed by atoms with Crippen molar-refractivity contribution in [2.45, 2.75) is 0 Å². The summed E-state index contributed by atoms with van der Waals surface area (Å²) in [7, 11) is 1.33. The van der Waals surface area contributed by atoms with Crippen LogP contribution in [0.15, 0.2) is 43.0 Å². The van der Waals surface area contributed by atoms with Crippen LogP contribution in [-0.4, -0.2) is 13.1 Å². The smallest absolute Gasteiger partial charge is 0.337 e. The molecule has 1 aromatic rings. The first-order chi connectivity index (χ1) is 7.19. The van der Waals surface area contributed by atoms with Crippen LogP contribution in [0.2, 0.25) is 0 Å². The predicted molar refractivity (Wildman–Crippen MR) is 57.0 cm³/mol. The lowest BCUT2D eigenvalue weighted by Gasteiger charge is -1.99. The lowest BCUT2D eigenvalue weighted by molar-refractivity contribution is 0.0600. The van der Waals surface area contributed by atoms with E-state index in [-0.39, 0.29) is 0 Å². The number of methoxy groups -OCH3 is 1. The van der Waals surface area contributed by atoms with Gasteiger partial charge in [0.25, 0.3) is 0 Å². The number of allylic oxidation sites excluding steroid dienone is 2. The van der Waals surface area contributed by atoms with E-state index in [1.165, 1.54) is 13.2 Å². The first-order valence-corrected chi connectivity index (χ1v) is 4.17. The Hall–Kier alpha value is -1.83. The monoisotopic (exact) mass is 189 g/mol. The van der Waals surface area contributed by atoms with E-state index in [9.17, 15) is 4.79 Å². The van der Waals surface area contributed by atoms with Gasteiger partial charge >= 0.3 is 5.97 Å². The van der Waals surface area contributed by atoms with Gasteiger partial charge in [-0.2, -0.15) is 0 Å². The molecule has 0 radical (unpaired) electrons. The van der Waals surface area contributed by atoms with Crippen molar-refractivity contribution in [3.05, 3.63) is 54.1 Å². The zero-order valence-electron chi connectivity index (χ0n) is 8.99. The third kappa shape index (κ3) is 2.59. The Morgan fingerprint density at radius 1 is 1.64 bits per heavy atom. The Bertz CT molecular complexity index is 408. The fraction of sp³-hybridized carbons (Fsp3) is 0.0833. The van der Waals surface area contributed by atoms with E-state index in [4.69, 9.17) is 1.37 Å². The normalized spacial score (nSPS) is 11.8. The first kappa shape index (κ1) is 8.75. The molecule has 0 saturated carbocycles. The fourth-order valence-corrected chi connectivity index (χ4v) is 1.01. The number of hydrogen-bond donors (Lipinski definition) is 0. The van der Waals surface area contributed by atoms with Crippen molar-refractivity contribution in [1.82, 2.24) is 0 Å². The van der Waals surface area contributed by atoms with Crippen LogP contribution >= 0.6 is 0 Å². The van der Waals surface area contributed by atoms with Gasteiger partial charge in [-0.25, -0.2) is 4.79 Å². The van der Waals surface area contributed by atoms with E-state index in [1.54, 1.807) is 30.3 Å². The van der Waals surface area contributed by atoms with Crippen LogP contribution in [0.4, 0.5) is 0 Å². The van der Waals surface area contributed by atoms with Gasteiger partial charge in [0.15, 0.2) is 0 Å². The second-order valence-electron chi connectivity index (χ2n) is 2.62. The van der Waals surface area contributed by atoms with E-state index in [1.807, 2.05) is 0 Å². The summed E-state index contributed by atoms with van der Waals surface area (Å²) in [5.74, 6) is -0.400. The highest BCUT2D eigenvalue weighted by Crippen LogP contribution is 2.08. The number of hydrogen-bond acceptors (Lipinski definition) is 2. The predicted octanol–water partition coefficient (Wildman–Crippen LogP) is 2.67. The maximum absolute atomic E-state index is 11.2. The summed E-state index contributed by atoms with van der Waals surface area (Å²) in [6.45, 7) is 3.51. The average molecular weight is 189 g/mol. The van der Waals surface area contributed by atoms with Crippen LogP contribution in [0, 0.1) is 0 Å². The molecule has 0 N–H and O–H groups in total. The van der Waals surface area contributed by atoms with Gasteiger partial charge < -0.3 is 4.74 Å². The van der Waals surface area contributed by atoms with Crippen molar-refractivity contribution in [2.75, 3.05) is 7.11 Å². The van der Waals surface area contributed by atoms with E-state index in [2.05, 4.69) is 11.3 Å². The number of carbonyl (C=O) groups is 1. The zero-order valence-corrected chi connectivity index (χ0v) is 7.99. The lowest BCUT2D eigenvalue weighted by Crippen LogP contribution is -2.00. The average Bonchev–Trinajstić information content (AvgIpc) is 2.28. The molecular weight excluding hydrogens is 176 g/mol. The van der Waals surface area contributed by atoms with Gasteiger partial charge in [-0.3, -0.25) is 0 Å². The Labute approximate surface area is 84.9 Å². The van der Waals surface area contributed by atoms with Gasteiger partial charge in [0.1, 0.15) is 0 Å². The molecule has 2 heteroatoms. The Kier molecular flexibility index (Phi) is 3.14. The van der Waals surface area contributed by atoms with Gasteiger partial charge in [0.2, 0.25) is 0 Å². The summed E-state index contributed by atoms with van der Waals surface area (Å²) in [4.78, 5) is 11.2. The summed E-state index contributed by atoms with van der Waals surface area (Å²) in [5.41, 5.74) is 1.11. The number of carbonyl (C=O) groups excluding carboxylic acids is 1. The highest BCUT2D eigenvalue weighted by Gasteiger charge is 2.03. The first-order valence-electron chi connectivity index (χ1n) is 4.67. The highest BCUT2D eigenvalue weighted by molar-refractivity contribution is 5.89. The van der Waals surface area contributed by atoms with Gasteiger partial charge in [-0.1, -0.05) is 36.9 Å². The standard InChI is InChI=1S/C12H12O2/c1-3-4-6-10-7-5-8-11(9-10)12(13)14-2/h3-9H,1H2,2H3/b6-4+/i6D. The summed E-state index contributed by atoms with van der Waals surface area (Å²) in [5, 5.41) is 0. The molecule has 0 atom stereocenters. The molecule has 1 rings (SSSR count). The van der Waals surface area contributed by atoms with Gasteiger partial charge in [-0.15, -0.1) is 0 Å². The van der Waals surface area contributed by atoms with Crippen LogP contribution in [0.25, 0.3) is 6.05 Å². The zero-order chi connectivity index (χ0) is 11.3. The molecule has 0 fully saturated rings. The third-order valence-corrected chi connectivity index (χ3v) is 1.65.